The molecule has 2 rings (SSSR count). The molecule has 1 N–H and O–H groups in total. The van der Waals surface area contributed by atoms with Crippen molar-refractivity contribution in [1.29, 1.82) is 0 Å². The van der Waals surface area contributed by atoms with Gasteiger partial charge in [0.05, 0.1) is 6.10 Å². The van der Waals surface area contributed by atoms with Crippen LogP contribution in [0.4, 0.5) is 0 Å². The van der Waals surface area contributed by atoms with Gasteiger partial charge >= 0.3 is 0 Å². The van der Waals surface area contributed by atoms with Crippen molar-refractivity contribution in [3.05, 3.63) is 34.9 Å². The summed E-state index contributed by atoms with van der Waals surface area (Å²) in [6.07, 6.45) is 0.282. The monoisotopic (exact) mass is 249 g/mol. The lowest BCUT2D eigenvalue weighted by molar-refractivity contribution is -0.135. The van der Waals surface area contributed by atoms with E-state index < -0.39 is 6.10 Å². The number of benzene rings is 1. The molecule has 98 valence electrons. The van der Waals surface area contributed by atoms with Gasteiger partial charge in [-0.2, -0.15) is 0 Å². The average Bonchev–Trinajstić information content (AvgIpc) is 2.80. The summed E-state index contributed by atoms with van der Waals surface area (Å²) in [7, 11) is 1.52. The zero-order valence-corrected chi connectivity index (χ0v) is 10.8. The first-order valence-electron chi connectivity index (χ1n) is 6.22. The molecule has 0 saturated heterocycles. The van der Waals surface area contributed by atoms with Gasteiger partial charge in [0.2, 0.25) is 5.91 Å². The van der Waals surface area contributed by atoms with Crippen LogP contribution in [-0.2, 0) is 22.6 Å². The minimum Gasteiger partial charge on any atom is -0.388 e. The van der Waals surface area contributed by atoms with E-state index in [0.29, 0.717) is 19.5 Å². The normalized spacial score (nSPS) is 15.6. The second-order valence-corrected chi connectivity index (χ2v) is 4.64. The van der Waals surface area contributed by atoms with Crippen molar-refractivity contribution in [3.63, 3.8) is 0 Å². The van der Waals surface area contributed by atoms with Gasteiger partial charge in [0.25, 0.3) is 0 Å². The van der Waals surface area contributed by atoms with E-state index in [9.17, 15) is 9.90 Å². The highest BCUT2D eigenvalue weighted by atomic mass is 16.5. The molecule has 1 atom stereocenters. The first-order valence-corrected chi connectivity index (χ1v) is 6.22. The third-order valence-corrected chi connectivity index (χ3v) is 3.34. The highest BCUT2D eigenvalue weighted by Crippen LogP contribution is 2.27. The molecule has 1 amide bonds. The van der Waals surface area contributed by atoms with Gasteiger partial charge in [-0.3, -0.25) is 4.79 Å². The molecule has 1 aromatic rings. The predicted octanol–water partition coefficient (Wildman–Crippen LogP) is 1.62. The van der Waals surface area contributed by atoms with Crippen molar-refractivity contribution < 1.29 is 14.6 Å². The number of rotatable bonds is 4. The molecule has 1 unspecified atom stereocenters. The fourth-order valence-corrected chi connectivity index (χ4v) is 2.25. The van der Waals surface area contributed by atoms with Crippen molar-refractivity contribution in [2.24, 2.45) is 0 Å². The van der Waals surface area contributed by atoms with E-state index in [4.69, 9.17) is 4.74 Å². The minimum atomic E-state index is -0.418. The molecule has 4 nitrogen and oxygen atoms in total. The maximum Gasteiger partial charge on any atom is 0.249 e. The summed E-state index contributed by atoms with van der Waals surface area (Å²) in [5, 5.41) is 9.82. The topological polar surface area (TPSA) is 49.8 Å². The first-order chi connectivity index (χ1) is 8.65. The summed E-state index contributed by atoms with van der Waals surface area (Å²) in [6.45, 7) is 3.33. The maximum atomic E-state index is 11.7. The summed E-state index contributed by atoms with van der Waals surface area (Å²) in [5.41, 5.74) is 3.22. The zero-order chi connectivity index (χ0) is 13.1. The largest absolute Gasteiger partial charge is 0.388 e. The molecule has 4 heteroatoms. The van der Waals surface area contributed by atoms with Gasteiger partial charge in [-0.05, 0) is 23.1 Å². The Kier molecular flexibility index (Phi) is 3.99. The number of hydrogen-bond acceptors (Lipinski definition) is 3. The molecule has 0 spiro atoms. The van der Waals surface area contributed by atoms with Gasteiger partial charge in [-0.1, -0.05) is 25.1 Å². The van der Waals surface area contributed by atoms with Crippen molar-refractivity contribution in [2.45, 2.75) is 32.5 Å². The zero-order valence-electron chi connectivity index (χ0n) is 10.8. The number of aliphatic hydroxyl groups is 1. The Hall–Kier alpha value is -1.39. The van der Waals surface area contributed by atoms with Crippen LogP contribution in [0.5, 0.6) is 0 Å². The van der Waals surface area contributed by atoms with Crippen LogP contribution in [0, 0.1) is 0 Å². The van der Waals surface area contributed by atoms with E-state index in [1.165, 1.54) is 7.11 Å². The minimum absolute atomic E-state index is 0.00582. The molecule has 1 heterocycles. The number of ether oxygens (including phenoxy) is 1. The number of nitrogens with zero attached hydrogens (tertiary/aromatic N) is 1. The summed E-state index contributed by atoms with van der Waals surface area (Å²) in [6, 6.07) is 5.95. The molecule has 1 aromatic carbocycles. The Bertz CT molecular complexity index is 445. The van der Waals surface area contributed by atoms with Gasteiger partial charge < -0.3 is 14.7 Å². The van der Waals surface area contributed by atoms with Crippen LogP contribution >= 0.6 is 0 Å². The van der Waals surface area contributed by atoms with Crippen LogP contribution in [0.2, 0.25) is 0 Å². The fourth-order valence-electron chi connectivity index (χ4n) is 2.25. The number of aliphatic hydroxyl groups excluding tert-OH is 1. The summed E-state index contributed by atoms with van der Waals surface area (Å²) in [5.74, 6) is 0.00582. The standard InChI is InChI=1S/C14H19NO3/c1-3-13(16)10-4-5-11-7-15(8-12(11)6-10)14(17)9-18-2/h4-6,13,16H,3,7-9H2,1-2H3. The Morgan fingerprint density at radius 3 is 2.83 bits per heavy atom. The maximum absolute atomic E-state index is 11.7. The highest BCUT2D eigenvalue weighted by Gasteiger charge is 2.23. The number of methoxy groups -OCH3 is 1. The molecule has 1 aliphatic rings. The van der Waals surface area contributed by atoms with Crippen molar-refractivity contribution >= 4 is 5.91 Å². The molecule has 0 fully saturated rings. The summed E-state index contributed by atoms with van der Waals surface area (Å²) < 4.78 is 4.86. The van der Waals surface area contributed by atoms with Crippen LogP contribution < -0.4 is 0 Å². The first kappa shape index (κ1) is 13.1. The van der Waals surface area contributed by atoms with Gasteiger partial charge in [-0.25, -0.2) is 0 Å². The van der Waals surface area contributed by atoms with Crippen molar-refractivity contribution in [2.75, 3.05) is 13.7 Å². The van der Waals surface area contributed by atoms with Gasteiger partial charge in [0.1, 0.15) is 6.61 Å². The van der Waals surface area contributed by atoms with E-state index in [-0.39, 0.29) is 12.5 Å². The van der Waals surface area contributed by atoms with Crippen LogP contribution in [0.1, 0.15) is 36.1 Å². The lowest BCUT2D eigenvalue weighted by Crippen LogP contribution is -2.28. The summed E-state index contributed by atoms with van der Waals surface area (Å²) in [4.78, 5) is 13.5. The SMILES string of the molecule is CCC(O)c1ccc2c(c1)CN(C(=O)COC)C2. The third kappa shape index (κ3) is 2.54. The number of fused-ring (bicyclic) bond motifs is 1. The second-order valence-electron chi connectivity index (χ2n) is 4.64. The Balaban J connectivity index is 2.12. The Morgan fingerprint density at radius 1 is 1.44 bits per heavy atom. The number of carbonyl (C=O) groups excluding carboxylic acids is 1. The number of carbonyl (C=O) groups is 1. The van der Waals surface area contributed by atoms with Crippen LogP contribution in [0.15, 0.2) is 18.2 Å². The average molecular weight is 249 g/mol. The molecule has 0 bridgehead atoms. The number of hydrogen-bond donors (Lipinski definition) is 1. The molecule has 1 aliphatic heterocycles. The Labute approximate surface area is 107 Å². The lowest BCUT2D eigenvalue weighted by Gasteiger charge is -2.14. The van der Waals surface area contributed by atoms with Crippen molar-refractivity contribution in [3.8, 4) is 0 Å². The van der Waals surface area contributed by atoms with Gasteiger partial charge in [0.15, 0.2) is 0 Å². The van der Waals surface area contributed by atoms with Crippen LogP contribution in [0.25, 0.3) is 0 Å². The highest BCUT2D eigenvalue weighted by molar-refractivity contribution is 5.78. The molecule has 0 saturated carbocycles. The predicted molar refractivity (Wildman–Crippen MR) is 67.8 cm³/mol. The molecule has 18 heavy (non-hydrogen) atoms. The molecular weight excluding hydrogens is 230 g/mol. The van der Waals surface area contributed by atoms with E-state index in [0.717, 1.165) is 16.7 Å². The summed E-state index contributed by atoms with van der Waals surface area (Å²) >= 11 is 0. The van der Waals surface area contributed by atoms with Crippen LogP contribution in [-0.4, -0.2) is 29.6 Å². The quantitative estimate of drug-likeness (QED) is 0.882. The second kappa shape index (κ2) is 5.50. The van der Waals surface area contributed by atoms with Crippen molar-refractivity contribution in [1.82, 2.24) is 4.90 Å². The Morgan fingerprint density at radius 2 is 2.17 bits per heavy atom. The van der Waals surface area contributed by atoms with Gasteiger partial charge in [0, 0.05) is 20.2 Å². The van der Waals surface area contributed by atoms with E-state index in [2.05, 4.69) is 0 Å². The van der Waals surface area contributed by atoms with E-state index in [1.807, 2.05) is 25.1 Å². The third-order valence-electron chi connectivity index (χ3n) is 3.34. The fraction of sp³-hybridized carbons (Fsp3) is 0.500. The van der Waals surface area contributed by atoms with E-state index in [1.54, 1.807) is 4.90 Å². The van der Waals surface area contributed by atoms with E-state index >= 15 is 0 Å². The van der Waals surface area contributed by atoms with Crippen LogP contribution in [0.3, 0.4) is 0 Å². The molecule has 0 aliphatic carbocycles. The molecule has 0 radical (unpaired) electrons. The smallest absolute Gasteiger partial charge is 0.249 e. The van der Waals surface area contributed by atoms with Gasteiger partial charge in [-0.15, -0.1) is 0 Å². The lowest BCUT2D eigenvalue weighted by atomic mass is 10.0. The molecular formula is C14H19NO3. The number of amides is 1. The molecule has 0 aromatic heterocycles.